The van der Waals surface area contributed by atoms with E-state index >= 15 is 0 Å². The molecule has 3 nitrogen and oxygen atoms in total. The number of methoxy groups -OCH3 is 1. The van der Waals surface area contributed by atoms with E-state index in [0.717, 1.165) is 36.2 Å². The van der Waals surface area contributed by atoms with Crippen molar-refractivity contribution >= 4 is 23.5 Å². The summed E-state index contributed by atoms with van der Waals surface area (Å²) in [5.41, 5.74) is 0. The van der Waals surface area contributed by atoms with Gasteiger partial charge in [-0.05, 0) is 43.1 Å². The normalized spacial score (nSPS) is 17.5. The fourth-order valence-corrected chi connectivity index (χ4v) is 5.37. The lowest BCUT2D eigenvalue weighted by molar-refractivity contribution is 0.268. The highest BCUT2D eigenvalue weighted by atomic mass is 32.2. The Bertz CT molecular complexity index is 683. The maximum absolute atomic E-state index is 6.01. The van der Waals surface area contributed by atoms with Crippen LogP contribution in [0.1, 0.15) is 19.8 Å². The molecular weight excluding hydrogens is 374 g/mol. The monoisotopic (exact) mass is 403 g/mol. The number of rotatable bonds is 9. The van der Waals surface area contributed by atoms with Crippen molar-refractivity contribution in [3.05, 3.63) is 48.5 Å². The van der Waals surface area contributed by atoms with Crippen LogP contribution in [0.3, 0.4) is 0 Å². The van der Waals surface area contributed by atoms with Crippen molar-refractivity contribution in [3.8, 4) is 11.5 Å². The molecule has 2 aromatic carbocycles. The van der Waals surface area contributed by atoms with Crippen LogP contribution in [0.4, 0.5) is 0 Å². The number of hydrogen-bond donors (Lipinski definition) is 1. The van der Waals surface area contributed by atoms with E-state index in [9.17, 15) is 0 Å². The second-order valence-corrected chi connectivity index (χ2v) is 8.91. The average Bonchev–Trinajstić information content (AvgIpc) is 2.93. The third kappa shape index (κ3) is 6.09. The van der Waals surface area contributed by atoms with E-state index in [1.807, 2.05) is 41.7 Å². The molecule has 1 N–H and O–H groups in total. The topological polar surface area (TPSA) is 30.5 Å². The van der Waals surface area contributed by atoms with Gasteiger partial charge in [-0.2, -0.15) is 0 Å². The first-order valence-corrected chi connectivity index (χ1v) is 11.6. The van der Waals surface area contributed by atoms with Crippen molar-refractivity contribution in [2.24, 2.45) is 5.92 Å². The first-order chi connectivity index (χ1) is 13.3. The third-order valence-corrected chi connectivity index (χ3v) is 7.17. The Morgan fingerprint density at radius 1 is 1.22 bits per heavy atom. The molecule has 0 unspecified atom stereocenters. The largest absolute Gasteiger partial charge is 0.496 e. The fraction of sp³-hybridized carbons (Fsp3) is 0.455. The van der Waals surface area contributed by atoms with Crippen LogP contribution in [0.2, 0.25) is 0 Å². The van der Waals surface area contributed by atoms with E-state index < -0.39 is 0 Å². The summed E-state index contributed by atoms with van der Waals surface area (Å²) >= 11 is 3.79. The van der Waals surface area contributed by atoms with Gasteiger partial charge in [-0.1, -0.05) is 37.6 Å². The van der Waals surface area contributed by atoms with Crippen molar-refractivity contribution in [1.82, 2.24) is 5.32 Å². The van der Waals surface area contributed by atoms with Gasteiger partial charge in [0.1, 0.15) is 18.1 Å². The number of para-hydroxylation sites is 2. The molecule has 0 saturated carbocycles. The summed E-state index contributed by atoms with van der Waals surface area (Å²) < 4.78 is 11.5. The van der Waals surface area contributed by atoms with Gasteiger partial charge >= 0.3 is 0 Å². The molecule has 2 atom stereocenters. The van der Waals surface area contributed by atoms with Gasteiger partial charge in [-0.25, -0.2) is 0 Å². The lowest BCUT2D eigenvalue weighted by atomic mass is 10.1. The van der Waals surface area contributed by atoms with Crippen LogP contribution in [0.5, 0.6) is 11.5 Å². The molecule has 0 bridgehead atoms. The Morgan fingerprint density at radius 3 is 2.89 bits per heavy atom. The molecule has 3 rings (SSSR count). The summed E-state index contributed by atoms with van der Waals surface area (Å²) in [5.74, 6) is 4.78. The predicted octanol–water partition coefficient (Wildman–Crippen LogP) is 5.35. The Morgan fingerprint density at radius 2 is 2.04 bits per heavy atom. The van der Waals surface area contributed by atoms with Gasteiger partial charge < -0.3 is 14.8 Å². The van der Waals surface area contributed by atoms with Crippen molar-refractivity contribution in [1.29, 1.82) is 0 Å². The summed E-state index contributed by atoms with van der Waals surface area (Å²) in [6, 6.07) is 17.0. The van der Waals surface area contributed by atoms with E-state index in [0.29, 0.717) is 12.0 Å². The molecule has 0 saturated heterocycles. The summed E-state index contributed by atoms with van der Waals surface area (Å²) in [7, 11) is 1.74. The van der Waals surface area contributed by atoms with Gasteiger partial charge in [-0.15, -0.1) is 23.5 Å². The highest BCUT2D eigenvalue weighted by Crippen LogP contribution is 2.33. The lowest BCUT2D eigenvalue weighted by Gasteiger charge is -2.21. The van der Waals surface area contributed by atoms with Crippen molar-refractivity contribution in [3.63, 3.8) is 0 Å². The number of fused-ring (bicyclic) bond motifs is 1. The van der Waals surface area contributed by atoms with Crippen LogP contribution >= 0.6 is 23.5 Å². The van der Waals surface area contributed by atoms with Crippen LogP contribution in [0.15, 0.2) is 58.3 Å². The smallest absolute Gasteiger partial charge is 0.132 e. The van der Waals surface area contributed by atoms with Gasteiger partial charge in [0, 0.05) is 21.3 Å². The zero-order valence-corrected chi connectivity index (χ0v) is 17.8. The van der Waals surface area contributed by atoms with Crippen molar-refractivity contribution in [2.45, 2.75) is 35.6 Å². The highest BCUT2D eigenvalue weighted by Gasteiger charge is 2.19. The maximum Gasteiger partial charge on any atom is 0.132 e. The van der Waals surface area contributed by atoms with Gasteiger partial charge in [0.25, 0.3) is 0 Å². The Kier molecular flexibility index (Phi) is 8.24. The van der Waals surface area contributed by atoms with E-state index in [2.05, 4.69) is 42.6 Å². The standard InChI is InChI=1S/C22H29NO2S2/c1-3-8-17(15-26-21-11-6-4-9-19(21)24-2)13-23-18-14-25-20-10-5-7-12-22(20)27-16-18/h4-7,9-12,17-18,23H,3,8,13-16H2,1-2H3/t17-,18+/m0/s1. The molecule has 0 aromatic heterocycles. The minimum atomic E-state index is 0.387. The van der Waals surface area contributed by atoms with Crippen molar-refractivity contribution in [2.75, 3.05) is 31.8 Å². The molecule has 0 aliphatic carbocycles. The third-order valence-electron chi connectivity index (χ3n) is 4.66. The van der Waals surface area contributed by atoms with Crippen molar-refractivity contribution < 1.29 is 9.47 Å². The molecule has 1 aliphatic heterocycles. The van der Waals surface area contributed by atoms with Crippen LogP contribution in [0, 0.1) is 5.92 Å². The molecule has 0 fully saturated rings. The maximum atomic E-state index is 6.01. The first kappa shape index (κ1) is 20.4. The quantitative estimate of drug-likeness (QED) is 0.571. The van der Waals surface area contributed by atoms with Gasteiger partial charge in [0.15, 0.2) is 0 Å². The summed E-state index contributed by atoms with van der Waals surface area (Å²) in [5, 5.41) is 3.76. The molecule has 1 aliphatic rings. The summed E-state index contributed by atoms with van der Waals surface area (Å²) in [6.45, 7) is 4.03. The van der Waals surface area contributed by atoms with Crippen LogP contribution in [-0.2, 0) is 0 Å². The molecular formula is C22H29NO2S2. The number of hydrogen-bond acceptors (Lipinski definition) is 5. The van der Waals surface area contributed by atoms with Crippen LogP contribution in [0.25, 0.3) is 0 Å². The number of benzene rings is 2. The molecule has 0 spiro atoms. The average molecular weight is 404 g/mol. The SMILES string of the molecule is CCC[C@@H](CN[C@@H]1COc2ccccc2SC1)CSc1ccccc1OC. The molecule has 0 amide bonds. The van der Waals surface area contributed by atoms with Crippen LogP contribution in [-0.4, -0.2) is 37.8 Å². The molecule has 27 heavy (non-hydrogen) atoms. The van der Waals surface area contributed by atoms with Gasteiger partial charge in [0.05, 0.1) is 13.2 Å². The zero-order chi connectivity index (χ0) is 18.9. The van der Waals surface area contributed by atoms with E-state index in [1.165, 1.54) is 22.6 Å². The highest BCUT2D eigenvalue weighted by molar-refractivity contribution is 7.99. The minimum absolute atomic E-state index is 0.387. The van der Waals surface area contributed by atoms with Gasteiger partial charge in [0.2, 0.25) is 0 Å². The Hall–Kier alpha value is -1.30. The van der Waals surface area contributed by atoms with E-state index in [4.69, 9.17) is 9.47 Å². The fourth-order valence-electron chi connectivity index (χ4n) is 3.17. The van der Waals surface area contributed by atoms with E-state index in [-0.39, 0.29) is 0 Å². The first-order valence-electron chi connectivity index (χ1n) is 9.64. The number of thioether (sulfide) groups is 2. The zero-order valence-electron chi connectivity index (χ0n) is 16.1. The Labute approximate surface area is 171 Å². The summed E-state index contributed by atoms with van der Waals surface area (Å²) in [4.78, 5) is 2.48. The molecule has 2 aromatic rings. The lowest BCUT2D eigenvalue weighted by Crippen LogP contribution is -2.39. The molecule has 1 heterocycles. The minimum Gasteiger partial charge on any atom is -0.496 e. The van der Waals surface area contributed by atoms with Crippen LogP contribution < -0.4 is 14.8 Å². The second kappa shape index (κ2) is 10.9. The number of ether oxygens (including phenoxy) is 2. The molecule has 0 radical (unpaired) electrons. The number of nitrogens with one attached hydrogen (secondary N) is 1. The Balaban J connectivity index is 1.49. The van der Waals surface area contributed by atoms with E-state index in [1.54, 1.807) is 7.11 Å². The second-order valence-electron chi connectivity index (χ2n) is 6.79. The predicted molar refractivity (Wildman–Crippen MR) is 117 cm³/mol. The summed E-state index contributed by atoms with van der Waals surface area (Å²) in [6.07, 6.45) is 2.44. The van der Waals surface area contributed by atoms with Gasteiger partial charge in [-0.3, -0.25) is 0 Å². The molecule has 5 heteroatoms. The molecule has 146 valence electrons.